The molecule has 0 aromatic heterocycles. The topological polar surface area (TPSA) is 46.2 Å². The van der Waals surface area contributed by atoms with Crippen LogP contribution in [0.15, 0.2) is 30.3 Å². The van der Waals surface area contributed by atoms with Crippen LogP contribution < -0.4 is 5.73 Å². The summed E-state index contributed by atoms with van der Waals surface area (Å²) in [6.45, 7) is 7.76. The van der Waals surface area contributed by atoms with E-state index < -0.39 is 5.60 Å². The van der Waals surface area contributed by atoms with Crippen LogP contribution in [-0.4, -0.2) is 16.2 Å². The van der Waals surface area contributed by atoms with Crippen molar-refractivity contribution >= 4 is 0 Å². The van der Waals surface area contributed by atoms with Crippen LogP contribution in [0.4, 0.5) is 0 Å². The van der Waals surface area contributed by atoms with E-state index in [0.717, 1.165) is 6.42 Å². The molecule has 2 nitrogen and oxygen atoms in total. The summed E-state index contributed by atoms with van der Waals surface area (Å²) in [4.78, 5) is 0. The molecule has 0 aliphatic rings. The highest BCUT2D eigenvalue weighted by Gasteiger charge is 2.30. The minimum absolute atomic E-state index is 0.268. The molecular weight excluding hydrogens is 210 g/mol. The van der Waals surface area contributed by atoms with Crippen molar-refractivity contribution in [3.8, 4) is 0 Å². The number of nitrogens with two attached hydrogens (primary N) is 1. The molecule has 0 saturated carbocycles. The van der Waals surface area contributed by atoms with Gasteiger partial charge in [-0.3, -0.25) is 0 Å². The van der Waals surface area contributed by atoms with Gasteiger partial charge in [0.05, 0.1) is 5.60 Å². The molecule has 0 radical (unpaired) electrons. The maximum Gasteiger partial charge on any atom is 0.0595 e. The molecule has 1 aromatic rings. The Balaban J connectivity index is 2.79. The molecule has 0 spiro atoms. The fourth-order valence-electron chi connectivity index (χ4n) is 2.10. The first kappa shape index (κ1) is 14.2. The average molecular weight is 235 g/mol. The maximum atomic E-state index is 9.97. The molecule has 0 bridgehead atoms. The third-order valence-corrected chi connectivity index (χ3v) is 3.12. The van der Waals surface area contributed by atoms with Crippen LogP contribution in [0.1, 0.15) is 39.7 Å². The Morgan fingerprint density at radius 3 is 2.06 bits per heavy atom. The van der Waals surface area contributed by atoms with Crippen molar-refractivity contribution in [3.63, 3.8) is 0 Å². The molecule has 0 aliphatic carbocycles. The van der Waals surface area contributed by atoms with Gasteiger partial charge in [-0.15, -0.1) is 0 Å². The fourth-order valence-corrected chi connectivity index (χ4v) is 2.10. The molecule has 2 heteroatoms. The standard InChI is InChI=1S/C15H25NO/c1-14(2,17)11-13(15(3,4)16)10-12-8-6-5-7-9-12/h5-9,13,17H,10-11,16H2,1-4H3/t13-/m0/s1. The summed E-state index contributed by atoms with van der Waals surface area (Å²) in [7, 11) is 0. The third kappa shape index (κ3) is 5.33. The van der Waals surface area contributed by atoms with Gasteiger partial charge in [-0.05, 0) is 52.0 Å². The third-order valence-electron chi connectivity index (χ3n) is 3.12. The van der Waals surface area contributed by atoms with E-state index in [-0.39, 0.29) is 11.5 Å². The van der Waals surface area contributed by atoms with E-state index in [4.69, 9.17) is 5.73 Å². The second-order valence-electron chi connectivity index (χ2n) is 6.22. The van der Waals surface area contributed by atoms with E-state index in [1.165, 1.54) is 5.56 Å². The first-order valence-corrected chi connectivity index (χ1v) is 6.24. The minimum atomic E-state index is -0.671. The molecule has 96 valence electrons. The van der Waals surface area contributed by atoms with Gasteiger partial charge in [0, 0.05) is 5.54 Å². The highest BCUT2D eigenvalue weighted by Crippen LogP contribution is 2.27. The average Bonchev–Trinajstić information content (AvgIpc) is 2.15. The van der Waals surface area contributed by atoms with E-state index in [2.05, 4.69) is 12.1 Å². The summed E-state index contributed by atoms with van der Waals surface area (Å²) >= 11 is 0. The summed E-state index contributed by atoms with van der Waals surface area (Å²) in [5.74, 6) is 0.268. The minimum Gasteiger partial charge on any atom is -0.390 e. The van der Waals surface area contributed by atoms with Gasteiger partial charge >= 0.3 is 0 Å². The Morgan fingerprint density at radius 1 is 1.12 bits per heavy atom. The molecule has 17 heavy (non-hydrogen) atoms. The second-order valence-corrected chi connectivity index (χ2v) is 6.22. The summed E-state index contributed by atoms with van der Waals surface area (Å²) in [6.07, 6.45) is 1.62. The first-order valence-electron chi connectivity index (χ1n) is 6.24. The molecule has 1 aromatic carbocycles. The molecule has 1 atom stereocenters. The van der Waals surface area contributed by atoms with Crippen LogP contribution in [0.2, 0.25) is 0 Å². The van der Waals surface area contributed by atoms with Crippen molar-refractivity contribution < 1.29 is 5.11 Å². The zero-order valence-corrected chi connectivity index (χ0v) is 11.4. The number of hydrogen-bond donors (Lipinski definition) is 2. The first-order chi connectivity index (χ1) is 7.68. The smallest absolute Gasteiger partial charge is 0.0595 e. The largest absolute Gasteiger partial charge is 0.390 e. The quantitative estimate of drug-likeness (QED) is 0.824. The lowest BCUT2D eigenvalue weighted by molar-refractivity contribution is 0.0399. The molecule has 0 heterocycles. The molecular formula is C15H25NO. The van der Waals surface area contributed by atoms with Crippen molar-refractivity contribution in [2.24, 2.45) is 11.7 Å². The van der Waals surface area contributed by atoms with Crippen LogP contribution in [-0.2, 0) is 6.42 Å². The van der Waals surface area contributed by atoms with E-state index in [1.54, 1.807) is 0 Å². The number of aliphatic hydroxyl groups is 1. The number of benzene rings is 1. The van der Waals surface area contributed by atoms with Crippen molar-refractivity contribution in [1.82, 2.24) is 0 Å². The Kier molecular flexibility index (Phi) is 4.34. The predicted octanol–water partition coefficient (Wildman–Crippen LogP) is 2.74. The van der Waals surface area contributed by atoms with Gasteiger partial charge in [0.2, 0.25) is 0 Å². The summed E-state index contributed by atoms with van der Waals surface area (Å²) in [5, 5.41) is 9.97. The lowest BCUT2D eigenvalue weighted by atomic mass is 9.77. The number of rotatable bonds is 5. The Morgan fingerprint density at radius 2 is 1.65 bits per heavy atom. The van der Waals surface area contributed by atoms with Gasteiger partial charge in [-0.1, -0.05) is 30.3 Å². The van der Waals surface area contributed by atoms with Crippen molar-refractivity contribution in [1.29, 1.82) is 0 Å². The molecule has 0 fully saturated rings. The lowest BCUT2D eigenvalue weighted by Gasteiger charge is -2.35. The van der Waals surface area contributed by atoms with E-state index in [1.807, 2.05) is 45.9 Å². The van der Waals surface area contributed by atoms with Crippen LogP contribution in [0.25, 0.3) is 0 Å². The molecule has 0 unspecified atom stereocenters. The van der Waals surface area contributed by atoms with Crippen LogP contribution in [0, 0.1) is 5.92 Å². The zero-order chi connectivity index (χ0) is 13.1. The lowest BCUT2D eigenvalue weighted by Crippen LogP contribution is -2.45. The predicted molar refractivity (Wildman–Crippen MR) is 72.8 cm³/mol. The van der Waals surface area contributed by atoms with E-state index >= 15 is 0 Å². The van der Waals surface area contributed by atoms with Gasteiger partial charge in [0.25, 0.3) is 0 Å². The highest BCUT2D eigenvalue weighted by molar-refractivity contribution is 5.16. The molecule has 0 amide bonds. The summed E-state index contributed by atoms with van der Waals surface area (Å²) in [5.41, 5.74) is 6.55. The van der Waals surface area contributed by atoms with Crippen molar-refractivity contribution in [2.45, 2.75) is 51.7 Å². The Hall–Kier alpha value is -0.860. The van der Waals surface area contributed by atoms with Gasteiger partial charge in [0.1, 0.15) is 0 Å². The summed E-state index contributed by atoms with van der Waals surface area (Å²) < 4.78 is 0. The SMILES string of the molecule is CC(C)(O)C[C@H](Cc1ccccc1)C(C)(C)N. The van der Waals surface area contributed by atoms with Gasteiger partial charge in [-0.2, -0.15) is 0 Å². The second kappa shape index (κ2) is 5.19. The fraction of sp³-hybridized carbons (Fsp3) is 0.600. The monoisotopic (exact) mass is 235 g/mol. The normalized spacial score (nSPS) is 14.7. The van der Waals surface area contributed by atoms with Crippen LogP contribution in [0.3, 0.4) is 0 Å². The molecule has 1 rings (SSSR count). The van der Waals surface area contributed by atoms with Gasteiger partial charge in [-0.25, -0.2) is 0 Å². The maximum absolute atomic E-state index is 9.97. The van der Waals surface area contributed by atoms with Crippen molar-refractivity contribution in [2.75, 3.05) is 0 Å². The Bertz CT molecular complexity index is 332. The molecule has 0 aliphatic heterocycles. The zero-order valence-electron chi connectivity index (χ0n) is 11.4. The molecule has 0 saturated heterocycles. The van der Waals surface area contributed by atoms with Gasteiger partial charge < -0.3 is 10.8 Å². The van der Waals surface area contributed by atoms with E-state index in [9.17, 15) is 5.11 Å². The summed E-state index contributed by atoms with van der Waals surface area (Å²) in [6, 6.07) is 10.3. The highest BCUT2D eigenvalue weighted by atomic mass is 16.3. The van der Waals surface area contributed by atoms with E-state index in [0.29, 0.717) is 6.42 Å². The van der Waals surface area contributed by atoms with Gasteiger partial charge in [0.15, 0.2) is 0 Å². The van der Waals surface area contributed by atoms with Crippen LogP contribution in [0.5, 0.6) is 0 Å². The van der Waals surface area contributed by atoms with Crippen molar-refractivity contribution in [3.05, 3.63) is 35.9 Å². The Labute approximate surface area is 105 Å². The van der Waals surface area contributed by atoms with Crippen LogP contribution >= 0.6 is 0 Å². The molecule has 3 N–H and O–H groups in total. The number of hydrogen-bond acceptors (Lipinski definition) is 2.